The molecule has 0 aromatic heterocycles. The number of amides is 1. The fourth-order valence-electron chi connectivity index (χ4n) is 2.48. The van der Waals surface area contributed by atoms with Crippen LogP contribution in [0.25, 0.3) is 0 Å². The number of carbonyl (C=O) groups is 1. The number of hydrazine groups is 1. The summed E-state index contributed by atoms with van der Waals surface area (Å²) in [5.74, 6) is 5.33. The van der Waals surface area contributed by atoms with Gasteiger partial charge in [0, 0.05) is 6.04 Å². The molecule has 1 heterocycles. The summed E-state index contributed by atoms with van der Waals surface area (Å²) < 4.78 is 0. The molecule has 1 rings (SSSR count). The summed E-state index contributed by atoms with van der Waals surface area (Å²) in [6.07, 6.45) is 1.77. The summed E-state index contributed by atoms with van der Waals surface area (Å²) in [6, 6.07) is 0.188. The van der Waals surface area contributed by atoms with E-state index in [2.05, 4.69) is 17.2 Å². The van der Waals surface area contributed by atoms with Crippen molar-refractivity contribution in [3.8, 4) is 0 Å². The predicted octanol–water partition coefficient (Wildman–Crippen LogP) is 0.0937. The van der Waals surface area contributed by atoms with Crippen molar-refractivity contribution in [3.63, 3.8) is 0 Å². The SMILES string of the molecule is CC(O)C1CCN(C(C)C(C)C(=O)NN)CC1. The molecule has 17 heavy (non-hydrogen) atoms. The van der Waals surface area contributed by atoms with Gasteiger partial charge in [-0.25, -0.2) is 5.84 Å². The van der Waals surface area contributed by atoms with Gasteiger partial charge in [0.25, 0.3) is 0 Å². The second kappa shape index (κ2) is 6.33. The summed E-state index contributed by atoms with van der Waals surface area (Å²) in [5.41, 5.74) is 2.21. The second-order valence-corrected chi connectivity index (χ2v) is 5.15. The normalized spacial score (nSPS) is 24.1. The molecule has 1 aliphatic heterocycles. The lowest BCUT2D eigenvalue weighted by atomic mass is 9.90. The van der Waals surface area contributed by atoms with Gasteiger partial charge in [0.1, 0.15) is 0 Å². The highest BCUT2D eigenvalue weighted by Crippen LogP contribution is 2.23. The molecule has 3 atom stereocenters. The number of nitrogens with one attached hydrogen (secondary N) is 1. The highest BCUT2D eigenvalue weighted by molar-refractivity contribution is 5.78. The smallest absolute Gasteiger partial charge is 0.238 e. The van der Waals surface area contributed by atoms with Crippen molar-refractivity contribution in [2.75, 3.05) is 13.1 Å². The standard InChI is InChI=1S/C12H25N3O2/c1-8(12(17)14-13)9(2)15-6-4-11(5-7-15)10(3)16/h8-11,16H,4-7,13H2,1-3H3,(H,14,17). The van der Waals surface area contributed by atoms with Crippen LogP contribution in [0.1, 0.15) is 33.6 Å². The number of nitrogens with two attached hydrogens (primary N) is 1. The molecule has 0 aromatic rings. The van der Waals surface area contributed by atoms with Crippen molar-refractivity contribution < 1.29 is 9.90 Å². The molecule has 4 N–H and O–H groups in total. The van der Waals surface area contributed by atoms with Crippen molar-refractivity contribution in [1.29, 1.82) is 0 Å². The van der Waals surface area contributed by atoms with Crippen LogP contribution in [-0.4, -0.2) is 41.1 Å². The van der Waals surface area contributed by atoms with Crippen LogP contribution in [0, 0.1) is 11.8 Å². The number of hydrogen-bond donors (Lipinski definition) is 3. The summed E-state index contributed by atoms with van der Waals surface area (Å²) in [6.45, 7) is 7.70. The number of hydrogen-bond acceptors (Lipinski definition) is 4. The fourth-order valence-corrected chi connectivity index (χ4v) is 2.48. The summed E-state index contributed by atoms with van der Waals surface area (Å²) in [5, 5.41) is 9.54. The van der Waals surface area contributed by atoms with Crippen LogP contribution < -0.4 is 11.3 Å². The van der Waals surface area contributed by atoms with E-state index < -0.39 is 0 Å². The van der Waals surface area contributed by atoms with E-state index in [-0.39, 0.29) is 24.0 Å². The molecule has 0 radical (unpaired) electrons. The van der Waals surface area contributed by atoms with Gasteiger partial charge in [0.2, 0.25) is 5.91 Å². The molecule has 100 valence electrons. The first-order valence-corrected chi connectivity index (χ1v) is 6.40. The Morgan fingerprint density at radius 3 is 2.29 bits per heavy atom. The van der Waals surface area contributed by atoms with Crippen LogP contribution in [-0.2, 0) is 4.79 Å². The van der Waals surface area contributed by atoms with Gasteiger partial charge in [-0.2, -0.15) is 0 Å². The van der Waals surface area contributed by atoms with Gasteiger partial charge in [-0.3, -0.25) is 15.1 Å². The Balaban J connectivity index is 2.45. The number of nitrogens with zero attached hydrogens (tertiary/aromatic N) is 1. The molecule has 1 amide bonds. The number of aliphatic hydroxyl groups is 1. The Kier molecular flexibility index (Phi) is 5.36. The van der Waals surface area contributed by atoms with Gasteiger partial charge in [-0.15, -0.1) is 0 Å². The van der Waals surface area contributed by atoms with E-state index in [0.717, 1.165) is 25.9 Å². The Labute approximate surface area is 103 Å². The average molecular weight is 243 g/mol. The number of rotatable bonds is 4. The van der Waals surface area contributed by atoms with Gasteiger partial charge in [0.15, 0.2) is 0 Å². The molecular formula is C12H25N3O2. The van der Waals surface area contributed by atoms with Gasteiger partial charge < -0.3 is 5.11 Å². The minimum Gasteiger partial charge on any atom is -0.393 e. The highest BCUT2D eigenvalue weighted by atomic mass is 16.3. The highest BCUT2D eigenvalue weighted by Gasteiger charge is 2.29. The molecule has 5 heteroatoms. The zero-order valence-electron chi connectivity index (χ0n) is 11.0. The number of carbonyl (C=O) groups excluding carboxylic acids is 1. The van der Waals surface area contributed by atoms with Gasteiger partial charge >= 0.3 is 0 Å². The number of likely N-dealkylation sites (tertiary alicyclic amines) is 1. The van der Waals surface area contributed by atoms with Crippen LogP contribution in [0.4, 0.5) is 0 Å². The van der Waals surface area contributed by atoms with E-state index in [1.165, 1.54) is 0 Å². The molecule has 1 aliphatic rings. The second-order valence-electron chi connectivity index (χ2n) is 5.15. The molecule has 3 unspecified atom stereocenters. The first-order valence-electron chi connectivity index (χ1n) is 6.40. The van der Waals surface area contributed by atoms with Crippen LogP contribution in [0.5, 0.6) is 0 Å². The molecule has 0 bridgehead atoms. The Morgan fingerprint density at radius 2 is 1.88 bits per heavy atom. The average Bonchev–Trinajstić information content (AvgIpc) is 2.36. The molecule has 5 nitrogen and oxygen atoms in total. The number of aliphatic hydroxyl groups excluding tert-OH is 1. The third-order valence-corrected chi connectivity index (χ3v) is 4.11. The molecule has 1 fully saturated rings. The molecule has 0 aliphatic carbocycles. The van der Waals surface area contributed by atoms with Crippen molar-refractivity contribution in [2.24, 2.45) is 17.7 Å². The largest absolute Gasteiger partial charge is 0.393 e. The van der Waals surface area contributed by atoms with Gasteiger partial charge in [-0.1, -0.05) is 6.92 Å². The van der Waals surface area contributed by atoms with E-state index in [4.69, 9.17) is 5.84 Å². The minimum absolute atomic E-state index is 0.108. The summed E-state index contributed by atoms with van der Waals surface area (Å²) in [4.78, 5) is 13.8. The van der Waals surface area contributed by atoms with E-state index in [1.807, 2.05) is 13.8 Å². The summed E-state index contributed by atoms with van der Waals surface area (Å²) >= 11 is 0. The Bertz CT molecular complexity index is 250. The maximum Gasteiger partial charge on any atom is 0.238 e. The van der Waals surface area contributed by atoms with E-state index in [9.17, 15) is 9.90 Å². The van der Waals surface area contributed by atoms with Crippen molar-refractivity contribution in [3.05, 3.63) is 0 Å². The minimum atomic E-state index is -0.225. The maximum atomic E-state index is 11.5. The quantitative estimate of drug-likeness (QED) is 0.371. The molecule has 0 saturated carbocycles. The third kappa shape index (κ3) is 3.66. The van der Waals surface area contributed by atoms with Crippen molar-refractivity contribution in [2.45, 2.75) is 45.8 Å². The van der Waals surface area contributed by atoms with Crippen LogP contribution in [0.15, 0.2) is 0 Å². The van der Waals surface area contributed by atoms with Crippen LogP contribution >= 0.6 is 0 Å². The first kappa shape index (κ1) is 14.4. The van der Waals surface area contributed by atoms with Gasteiger partial charge in [-0.05, 0) is 45.7 Å². The lowest BCUT2D eigenvalue weighted by Crippen LogP contribution is -2.49. The Morgan fingerprint density at radius 1 is 1.35 bits per heavy atom. The lowest BCUT2D eigenvalue weighted by molar-refractivity contribution is -0.126. The topological polar surface area (TPSA) is 78.6 Å². The zero-order valence-corrected chi connectivity index (χ0v) is 11.0. The molecule has 1 saturated heterocycles. The fraction of sp³-hybridized carbons (Fsp3) is 0.917. The first-order chi connectivity index (χ1) is 7.97. The van der Waals surface area contributed by atoms with Crippen LogP contribution in [0.2, 0.25) is 0 Å². The number of piperidine rings is 1. The predicted molar refractivity (Wildman–Crippen MR) is 66.9 cm³/mol. The van der Waals surface area contributed by atoms with E-state index >= 15 is 0 Å². The lowest BCUT2D eigenvalue weighted by Gasteiger charge is -2.38. The molecule has 0 spiro atoms. The Hall–Kier alpha value is -0.650. The maximum absolute atomic E-state index is 11.5. The molecule has 0 aromatic carbocycles. The van der Waals surface area contributed by atoms with Gasteiger partial charge in [0.05, 0.1) is 12.0 Å². The monoisotopic (exact) mass is 243 g/mol. The van der Waals surface area contributed by atoms with E-state index in [1.54, 1.807) is 0 Å². The van der Waals surface area contributed by atoms with Crippen molar-refractivity contribution >= 4 is 5.91 Å². The zero-order chi connectivity index (χ0) is 13.0. The van der Waals surface area contributed by atoms with Crippen molar-refractivity contribution in [1.82, 2.24) is 10.3 Å². The third-order valence-electron chi connectivity index (χ3n) is 4.11. The molecular weight excluding hydrogens is 218 g/mol. The summed E-state index contributed by atoms with van der Waals surface area (Å²) in [7, 11) is 0. The van der Waals surface area contributed by atoms with E-state index in [0.29, 0.717) is 5.92 Å². The van der Waals surface area contributed by atoms with Crippen LogP contribution in [0.3, 0.4) is 0 Å².